The number of halogens is 1. The van der Waals surface area contributed by atoms with E-state index in [1.54, 1.807) is 14.2 Å². The maximum Gasteiger partial charge on any atom is 0.188 e. The molecule has 9 heteroatoms. The number of guanidine groups is 1. The fraction of sp³-hybridized carbons (Fsp3) is 0.632. The van der Waals surface area contributed by atoms with Crippen LogP contribution in [0.3, 0.4) is 0 Å². The molecule has 0 unspecified atom stereocenters. The Balaban J connectivity index is 0.00000392. The average Bonchev–Trinajstić information content (AvgIpc) is 2.71. The average molecular weight is 508 g/mol. The Morgan fingerprint density at radius 1 is 1.11 bits per heavy atom. The normalized spacial score (nSPS) is 14.9. The molecule has 0 aromatic heterocycles. The van der Waals surface area contributed by atoms with Gasteiger partial charge in [0.2, 0.25) is 0 Å². The quantitative estimate of drug-likeness (QED) is 0.204. The van der Waals surface area contributed by atoms with Crippen LogP contribution in [0, 0.1) is 0 Å². The third-order valence-electron chi connectivity index (χ3n) is 4.24. The van der Waals surface area contributed by atoms with Gasteiger partial charge >= 0.3 is 0 Å². The summed E-state index contributed by atoms with van der Waals surface area (Å²) in [6.07, 6.45) is 1.81. The monoisotopic (exact) mass is 508 g/mol. The van der Waals surface area contributed by atoms with Crippen LogP contribution in [0.1, 0.15) is 12.8 Å². The SMILES string of the molecule is COc1cc(OC)cc(OCCCN=C(N)NCCCN2CCOCC2)c1.I. The maximum absolute atomic E-state index is 5.89. The second-order valence-corrected chi connectivity index (χ2v) is 6.25. The van der Waals surface area contributed by atoms with Gasteiger partial charge in [-0.15, -0.1) is 24.0 Å². The molecule has 160 valence electrons. The van der Waals surface area contributed by atoms with Crippen LogP contribution in [0.5, 0.6) is 17.2 Å². The zero-order valence-electron chi connectivity index (χ0n) is 16.8. The van der Waals surface area contributed by atoms with Gasteiger partial charge in [-0.05, 0) is 13.0 Å². The predicted octanol–water partition coefficient (Wildman–Crippen LogP) is 1.72. The lowest BCUT2D eigenvalue weighted by Crippen LogP contribution is -2.39. The lowest BCUT2D eigenvalue weighted by atomic mass is 10.3. The molecule has 1 aliphatic rings. The number of benzene rings is 1. The van der Waals surface area contributed by atoms with E-state index in [4.69, 9.17) is 24.7 Å². The molecule has 0 spiro atoms. The Labute approximate surface area is 184 Å². The van der Waals surface area contributed by atoms with E-state index in [0.29, 0.717) is 36.4 Å². The Morgan fingerprint density at radius 2 is 1.75 bits per heavy atom. The molecule has 0 atom stereocenters. The molecule has 1 fully saturated rings. The van der Waals surface area contributed by atoms with Gasteiger partial charge in [-0.1, -0.05) is 0 Å². The first-order valence-corrected chi connectivity index (χ1v) is 9.41. The second-order valence-electron chi connectivity index (χ2n) is 6.25. The van der Waals surface area contributed by atoms with Crippen molar-refractivity contribution in [3.63, 3.8) is 0 Å². The minimum atomic E-state index is 0. The Morgan fingerprint density at radius 3 is 2.39 bits per heavy atom. The summed E-state index contributed by atoms with van der Waals surface area (Å²) in [5.74, 6) is 2.60. The molecule has 0 radical (unpaired) electrons. The molecule has 0 aliphatic carbocycles. The molecule has 3 N–H and O–H groups in total. The summed E-state index contributed by atoms with van der Waals surface area (Å²) >= 11 is 0. The number of rotatable bonds is 11. The number of hydrogen-bond acceptors (Lipinski definition) is 6. The minimum Gasteiger partial charge on any atom is -0.496 e. The molecule has 1 heterocycles. The van der Waals surface area contributed by atoms with Crippen molar-refractivity contribution in [1.82, 2.24) is 10.2 Å². The zero-order chi connectivity index (χ0) is 19.3. The highest BCUT2D eigenvalue weighted by Gasteiger charge is 2.09. The fourth-order valence-electron chi connectivity index (χ4n) is 2.72. The van der Waals surface area contributed by atoms with Gasteiger partial charge in [-0.25, -0.2) is 0 Å². The van der Waals surface area contributed by atoms with Crippen LogP contribution >= 0.6 is 24.0 Å². The van der Waals surface area contributed by atoms with Crippen LogP contribution in [0.25, 0.3) is 0 Å². The number of hydrogen-bond donors (Lipinski definition) is 2. The molecule has 1 aromatic carbocycles. The van der Waals surface area contributed by atoms with Gasteiger partial charge in [-0.2, -0.15) is 0 Å². The lowest BCUT2D eigenvalue weighted by molar-refractivity contribution is 0.0376. The Bertz CT molecular complexity index is 561. The van der Waals surface area contributed by atoms with E-state index in [-0.39, 0.29) is 24.0 Å². The number of nitrogens with zero attached hydrogens (tertiary/aromatic N) is 2. The molecule has 8 nitrogen and oxygen atoms in total. The van der Waals surface area contributed by atoms with E-state index in [1.807, 2.05) is 18.2 Å². The van der Waals surface area contributed by atoms with Gasteiger partial charge in [0.1, 0.15) is 17.2 Å². The highest BCUT2D eigenvalue weighted by molar-refractivity contribution is 14.0. The molecule has 2 rings (SSSR count). The highest BCUT2D eigenvalue weighted by Crippen LogP contribution is 2.27. The first kappa shape index (κ1) is 24.6. The van der Waals surface area contributed by atoms with Gasteiger partial charge in [0, 0.05) is 50.8 Å². The predicted molar refractivity (Wildman–Crippen MR) is 121 cm³/mol. The number of nitrogens with one attached hydrogen (secondary N) is 1. The lowest BCUT2D eigenvalue weighted by Gasteiger charge is -2.26. The third-order valence-corrected chi connectivity index (χ3v) is 4.24. The maximum atomic E-state index is 5.89. The second kappa shape index (κ2) is 14.5. The van der Waals surface area contributed by atoms with E-state index in [0.717, 1.165) is 52.2 Å². The van der Waals surface area contributed by atoms with Gasteiger partial charge in [0.25, 0.3) is 0 Å². The van der Waals surface area contributed by atoms with Crippen molar-refractivity contribution in [3.05, 3.63) is 18.2 Å². The van der Waals surface area contributed by atoms with Gasteiger partial charge in [0.05, 0.1) is 34.0 Å². The van der Waals surface area contributed by atoms with Crippen LogP contribution in [0.2, 0.25) is 0 Å². The molecule has 1 saturated heterocycles. The number of nitrogens with two attached hydrogens (primary N) is 1. The van der Waals surface area contributed by atoms with Crippen LogP contribution in [-0.2, 0) is 4.74 Å². The standard InChI is InChI=1S/C19H32N4O4.HI/c1-24-16-13-17(25-2)15-18(14-16)27-10-4-6-22-19(20)21-5-3-7-23-8-11-26-12-9-23;/h13-15H,3-12H2,1-2H3,(H3,20,21,22);1H. The summed E-state index contributed by atoms with van der Waals surface area (Å²) in [5, 5.41) is 3.16. The molecule has 1 aromatic rings. The summed E-state index contributed by atoms with van der Waals surface area (Å²) in [7, 11) is 3.23. The molecular formula is C19H33IN4O4. The van der Waals surface area contributed by atoms with Crippen molar-refractivity contribution in [2.75, 3.05) is 66.8 Å². The topological polar surface area (TPSA) is 90.6 Å². The Kier molecular flexibility index (Phi) is 12.8. The summed E-state index contributed by atoms with van der Waals surface area (Å²) in [4.78, 5) is 6.73. The molecular weight excluding hydrogens is 475 g/mol. The molecule has 0 amide bonds. The fourth-order valence-corrected chi connectivity index (χ4v) is 2.72. The van der Waals surface area contributed by atoms with Crippen molar-refractivity contribution in [3.8, 4) is 17.2 Å². The summed E-state index contributed by atoms with van der Waals surface area (Å²) < 4.78 is 21.5. The summed E-state index contributed by atoms with van der Waals surface area (Å²) in [6, 6.07) is 5.47. The van der Waals surface area contributed by atoms with E-state index in [9.17, 15) is 0 Å². The van der Waals surface area contributed by atoms with Crippen molar-refractivity contribution < 1.29 is 18.9 Å². The highest BCUT2D eigenvalue weighted by atomic mass is 127. The minimum absolute atomic E-state index is 0. The zero-order valence-corrected chi connectivity index (χ0v) is 19.1. The smallest absolute Gasteiger partial charge is 0.188 e. The molecule has 0 bridgehead atoms. The molecule has 0 saturated carbocycles. The van der Waals surface area contributed by atoms with Gasteiger partial charge in [0.15, 0.2) is 5.96 Å². The molecule has 28 heavy (non-hydrogen) atoms. The third kappa shape index (κ3) is 9.65. The summed E-state index contributed by atoms with van der Waals surface area (Å²) in [5.41, 5.74) is 5.89. The molecule has 1 aliphatic heterocycles. The van der Waals surface area contributed by atoms with Crippen LogP contribution in [0.15, 0.2) is 23.2 Å². The van der Waals surface area contributed by atoms with Crippen molar-refractivity contribution in [1.29, 1.82) is 0 Å². The van der Waals surface area contributed by atoms with Crippen LogP contribution in [0.4, 0.5) is 0 Å². The van der Waals surface area contributed by atoms with Crippen LogP contribution < -0.4 is 25.3 Å². The first-order chi connectivity index (χ1) is 13.2. The van der Waals surface area contributed by atoms with E-state index >= 15 is 0 Å². The van der Waals surface area contributed by atoms with Crippen molar-refractivity contribution in [2.24, 2.45) is 10.7 Å². The van der Waals surface area contributed by atoms with Crippen LogP contribution in [-0.4, -0.2) is 77.6 Å². The van der Waals surface area contributed by atoms with Gasteiger partial charge < -0.3 is 30.0 Å². The van der Waals surface area contributed by atoms with Crippen molar-refractivity contribution >= 4 is 29.9 Å². The first-order valence-electron chi connectivity index (χ1n) is 9.41. The number of morpholine rings is 1. The van der Waals surface area contributed by atoms with E-state index in [1.165, 1.54) is 0 Å². The number of methoxy groups -OCH3 is 2. The largest absolute Gasteiger partial charge is 0.496 e. The van der Waals surface area contributed by atoms with Gasteiger partial charge in [-0.3, -0.25) is 9.89 Å². The van der Waals surface area contributed by atoms with Crippen molar-refractivity contribution in [2.45, 2.75) is 12.8 Å². The van der Waals surface area contributed by atoms with E-state index < -0.39 is 0 Å². The summed E-state index contributed by atoms with van der Waals surface area (Å²) in [6.45, 7) is 6.75. The van der Waals surface area contributed by atoms with E-state index in [2.05, 4.69) is 15.2 Å². The Hall–Kier alpha value is -1.46. The number of aliphatic imine (C=N–C) groups is 1. The number of ether oxygens (including phenoxy) is 4.